The van der Waals surface area contributed by atoms with E-state index in [0.29, 0.717) is 16.1 Å². The van der Waals surface area contributed by atoms with Gasteiger partial charge in [0.25, 0.3) is 0 Å². The molecule has 3 aromatic carbocycles. The summed E-state index contributed by atoms with van der Waals surface area (Å²) in [6.45, 7) is 0. The van der Waals surface area contributed by atoms with E-state index in [1.54, 1.807) is 12.1 Å². The number of halogens is 2. The van der Waals surface area contributed by atoms with E-state index in [-0.39, 0.29) is 5.78 Å². The quantitative estimate of drug-likeness (QED) is 0.562. The topological polar surface area (TPSA) is 17.1 Å². The van der Waals surface area contributed by atoms with Crippen LogP contribution in [-0.4, -0.2) is 5.78 Å². The van der Waals surface area contributed by atoms with E-state index in [9.17, 15) is 4.79 Å². The van der Waals surface area contributed by atoms with Gasteiger partial charge in [-0.15, -0.1) is 0 Å². The Bertz CT molecular complexity index is 811. The van der Waals surface area contributed by atoms with Crippen molar-refractivity contribution < 1.29 is 4.79 Å². The van der Waals surface area contributed by atoms with Crippen molar-refractivity contribution in [2.75, 3.05) is 0 Å². The Balaban J connectivity index is 2.08. The van der Waals surface area contributed by atoms with E-state index in [0.717, 1.165) is 15.2 Å². The Labute approximate surface area is 130 Å². The summed E-state index contributed by atoms with van der Waals surface area (Å²) in [7, 11) is 0. The molecular weight excluding hydrogens is 336 g/mol. The van der Waals surface area contributed by atoms with Crippen LogP contribution in [0.25, 0.3) is 10.8 Å². The predicted molar refractivity (Wildman–Crippen MR) is 86.5 cm³/mol. The number of benzene rings is 3. The Hall–Kier alpha value is -1.64. The predicted octanol–water partition coefficient (Wildman–Crippen LogP) is 5.49. The first-order valence-corrected chi connectivity index (χ1v) is 7.31. The summed E-state index contributed by atoms with van der Waals surface area (Å²) in [5.41, 5.74) is 1.16. The first-order chi connectivity index (χ1) is 9.65. The lowest BCUT2D eigenvalue weighted by molar-refractivity contribution is 0.103. The van der Waals surface area contributed by atoms with Crippen molar-refractivity contribution in [3.63, 3.8) is 0 Å². The molecule has 0 N–H and O–H groups in total. The van der Waals surface area contributed by atoms with Crippen molar-refractivity contribution in [1.29, 1.82) is 0 Å². The summed E-state index contributed by atoms with van der Waals surface area (Å²) in [5, 5.41) is 2.62. The highest BCUT2D eigenvalue weighted by molar-refractivity contribution is 9.10. The lowest BCUT2D eigenvalue weighted by atomic mass is 10.00. The zero-order valence-corrected chi connectivity index (χ0v) is 12.8. The third kappa shape index (κ3) is 2.49. The normalized spacial score (nSPS) is 10.7. The van der Waals surface area contributed by atoms with E-state index >= 15 is 0 Å². The summed E-state index contributed by atoms with van der Waals surface area (Å²) in [6, 6.07) is 18.9. The number of hydrogen-bond donors (Lipinski definition) is 0. The monoisotopic (exact) mass is 344 g/mol. The van der Waals surface area contributed by atoms with Gasteiger partial charge in [-0.1, -0.05) is 63.9 Å². The van der Waals surface area contributed by atoms with Gasteiger partial charge >= 0.3 is 0 Å². The molecule has 0 amide bonds. The molecule has 3 aromatic rings. The summed E-state index contributed by atoms with van der Waals surface area (Å²) < 4.78 is 0.859. The number of rotatable bonds is 2. The zero-order chi connectivity index (χ0) is 14.1. The van der Waals surface area contributed by atoms with Crippen LogP contribution in [0.5, 0.6) is 0 Å². The maximum atomic E-state index is 12.5. The van der Waals surface area contributed by atoms with Gasteiger partial charge in [0.15, 0.2) is 5.78 Å². The van der Waals surface area contributed by atoms with Gasteiger partial charge in [0.1, 0.15) is 0 Å². The summed E-state index contributed by atoms with van der Waals surface area (Å²) >= 11 is 9.48. The highest BCUT2D eigenvalue weighted by Crippen LogP contribution is 2.25. The summed E-state index contributed by atoms with van der Waals surface area (Å²) in [6.07, 6.45) is 0. The lowest BCUT2D eigenvalue weighted by Crippen LogP contribution is -2.02. The molecule has 0 aromatic heterocycles. The largest absolute Gasteiger partial charge is 0.289 e. The Morgan fingerprint density at radius 3 is 2.40 bits per heavy atom. The fraction of sp³-hybridized carbons (Fsp3) is 0. The van der Waals surface area contributed by atoms with E-state index in [2.05, 4.69) is 15.9 Å². The highest BCUT2D eigenvalue weighted by Gasteiger charge is 2.13. The molecule has 0 heterocycles. The van der Waals surface area contributed by atoms with Crippen LogP contribution >= 0.6 is 27.5 Å². The smallest absolute Gasteiger partial charge is 0.194 e. The minimum atomic E-state index is -0.0618. The molecule has 0 fully saturated rings. The van der Waals surface area contributed by atoms with Gasteiger partial charge in [-0.25, -0.2) is 0 Å². The van der Waals surface area contributed by atoms with Crippen LogP contribution in [0.4, 0.5) is 0 Å². The molecule has 0 saturated carbocycles. The molecule has 0 saturated heterocycles. The standard InChI is InChI=1S/C17H10BrClO/c18-14-7-8-15(16(19)10-14)17(20)13-6-5-11-3-1-2-4-12(11)9-13/h1-10H. The second-order valence-electron chi connectivity index (χ2n) is 4.52. The summed E-state index contributed by atoms with van der Waals surface area (Å²) in [4.78, 5) is 12.5. The minimum absolute atomic E-state index is 0.0618. The number of carbonyl (C=O) groups is 1. The highest BCUT2D eigenvalue weighted by atomic mass is 79.9. The first-order valence-electron chi connectivity index (χ1n) is 6.14. The van der Waals surface area contributed by atoms with Crippen LogP contribution < -0.4 is 0 Å². The van der Waals surface area contributed by atoms with Gasteiger partial charge in [-0.05, 0) is 35.0 Å². The average Bonchev–Trinajstić information content (AvgIpc) is 2.46. The van der Waals surface area contributed by atoms with Crippen LogP contribution in [0.3, 0.4) is 0 Å². The molecule has 3 rings (SSSR count). The zero-order valence-electron chi connectivity index (χ0n) is 10.4. The number of ketones is 1. The average molecular weight is 346 g/mol. The lowest BCUT2D eigenvalue weighted by Gasteiger charge is -2.06. The molecule has 0 aliphatic rings. The van der Waals surface area contributed by atoms with Crippen LogP contribution in [0, 0.1) is 0 Å². The second-order valence-corrected chi connectivity index (χ2v) is 5.84. The minimum Gasteiger partial charge on any atom is -0.289 e. The maximum Gasteiger partial charge on any atom is 0.194 e. The number of fused-ring (bicyclic) bond motifs is 1. The molecule has 20 heavy (non-hydrogen) atoms. The van der Waals surface area contributed by atoms with Gasteiger partial charge in [0, 0.05) is 15.6 Å². The Morgan fingerprint density at radius 1 is 0.900 bits per heavy atom. The van der Waals surface area contributed by atoms with E-state index < -0.39 is 0 Å². The van der Waals surface area contributed by atoms with Crippen LogP contribution in [0.15, 0.2) is 65.1 Å². The fourth-order valence-corrected chi connectivity index (χ4v) is 2.92. The molecule has 0 atom stereocenters. The third-order valence-electron chi connectivity index (χ3n) is 3.19. The Kier molecular flexibility index (Phi) is 3.60. The molecule has 0 spiro atoms. The van der Waals surface area contributed by atoms with Crippen LogP contribution in [0.1, 0.15) is 15.9 Å². The van der Waals surface area contributed by atoms with Gasteiger partial charge in [0.05, 0.1) is 5.02 Å². The van der Waals surface area contributed by atoms with Crippen molar-refractivity contribution in [2.45, 2.75) is 0 Å². The van der Waals surface area contributed by atoms with Gasteiger partial charge in [-0.2, -0.15) is 0 Å². The first kappa shape index (κ1) is 13.3. The molecule has 1 nitrogen and oxygen atoms in total. The molecule has 0 unspecified atom stereocenters. The SMILES string of the molecule is O=C(c1ccc2ccccc2c1)c1ccc(Br)cc1Cl. The van der Waals surface area contributed by atoms with E-state index in [1.807, 2.05) is 48.5 Å². The third-order valence-corrected chi connectivity index (χ3v) is 3.99. The maximum absolute atomic E-state index is 12.5. The molecule has 98 valence electrons. The van der Waals surface area contributed by atoms with Crippen molar-refractivity contribution in [3.8, 4) is 0 Å². The number of carbonyl (C=O) groups excluding carboxylic acids is 1. The molecule has 0 aliphatic carbocycles. The second kappa shape index (κ2) is 5.39. The van der Waals surface area contributed by atoms with Crippen molar-refractivity contribution in [1.82, 2.24) is 0 Å². The number of hydrogen-bond acceptors (Lipinski definition) is 1. The van der Waals surface area contributed by atoms with Gasteiger partial charge in [-0.3, -0.25) is 4.79 Å². The summed E-state index contributed by atoms with van der Waals surface area (Å²) in [5.74, 6) is -0.0618. The van der Waals surface area contributed by atoms with Crippen molar-refractivity contribution in [2.24, 2.45) is 0 Å². The van der Waals surface area contributed by atoms with Gasteiger partial charge < -0.3 is 0 Å². The van der Waals surface area contributed by atoms with Gasteiger partial charge in [0.2, 0.25) is 0 Å². The Morgan fingerprint density at radius 2 is 1.65 bits per heavy atom. The molecule has 0 aliphatic heterocycles. The van der Waals surface area contributed by atoms with Crippen LogP contribution in [0.2, 0.25) is 5.02 Å². The van der Waals surface area contributed by atoms with Crippen LogP contribution in [-0.2, 0) is 0 Å². The van der Waals surface area contributed by atoms with E-state index in [1.165, 1.54) is 0 Å². The van der Waals surface area contributed by atoms with E-state index in [4.69, 9.17) is 11.6 Å². The van der Waals surface area contributed by atoms with Crippen molar-refractivity contribution in [3.05, 3.63) is 81.3 Å². The molecule has 0 radical (unpaired) electrons. The van der Waals surface area contributed by atoms with Crippen molar-refractivity contribution >= 4 is 44.1 Å². The fourth-order valence-electron chi connectivity index (χ4n) is 2.16. The molecular formula is C17H10BrClO. The molecule has 3 heteroatoms. The molecule has 0 bridgehead atoms.